The smallest absolute Gasteiger partial charge is 0.107 e. The van der Waals surface area contributed by atoms with Crippen LogP contribution in [0.5, 0.6) is 0 Å². The van der Waals surface area contributed by atoms with Gasteiger partial charge in [-0.25, -0.2) is 0 Å². The van der Waals surface area contributed by atoms with Crippen molar-refractivity contribution >= 4 is 38.3 Å². The molecular weight excluding hydrogens is 303 g/mol. The lowest BCUT2D eigenvalue weighted by Gasteiger charge is -2.18. The van der Waals surface area contributed by atoms with Gasteiger partial charge in [-0.2, -0.15) is 0 Å². The van der Waals surface area contributed by atoms with Gasteiger partial charge in [0.1, 0.15) is 6.10 Å². The summed E-state index contributed by atoms with van der Waals surface area (Å²) < 4.78 is 0.798. The second-order valence-electron chi connectivity index (χ2n) is 3.86. The Bertz CT molecular complexity index is 530. The zero-order chi connectivity index (χ0) is 12.4. The van der Waals surface area contributed by atoms with E-state index in [1.165, 1.54) is 0 Å². The lowest BCUT2D eigenvalue weighted by atomic mass is 10.0. The highest BCUT2D eigenvalue weighted by atomic mass is 79.9. The number of benzene rings is 2. The summed E-state index contributed by atoms with van der Waals surface area (Å²) in [6.45, 7) is 0. The first kappa shape index (κ1) is 12.8. The van der Waals surface area contributed by atoms with Crippen LogP contribution in [0.15, 0.2) is 40.9 Å². The molecule has 0 radical (unpaired) electrons. The maximum Gasteiger partial charge on any atom is 0.107 e. The van der Waals surface area contributed by atoms with Crippen LogP contribution in [0.4, 0.5) is 0 Å². The first-order valence-corrected chi connectivity index (χ1v) is 6.57. The van der Waals surface area contributed by atoms with E-state index in [9.17, 15) is 10.2 Å². The summed E-state index contributed by atoms with van der Waals surface area (Å²) >= 11 is 9.01. The van der Waals surface area contributed by atoms with E-state index in [2.05, 4.69) is 15.9 Å². The van der Waals surface area contributed by atoms with Crippen molar-refractivity contribution in [1.82, 2.24) is 0 Å². The second kappa shape index (κ2) is 5.36. The van der Waals surface area contributed by atoms with Crippen molar-refractivity contribution in [3.8, 4) is 0 Å². The van der Waals surface area contributed by atoms with Crippen molar-refractivity contribution < 1.29 is 10.2 Å². The van der Waals surface area contributed by atoms with E-state index in [-0.39, 0.29) is 5.88 Å². The Morgan fingerprint density at radius 1 is 1.12 bits per heavy atom. The highest BCUT2D eigenvalue weighted by Crippen LogP contribution is 2.32. The van der Waals surface area contributed by atoms with Gasteiger partial charge in [-0.1, -0.05) is 36.4 Å². The SMILES string of the molecule is OC(CCl)C(O)c1ccc2ccccc2c1Br. The van der Waals surface area contributed by atoms with Crippen LogP contribution < -0.4 is 0 Å². The molecule has 2 aromatic rings. The molecule has 0 spiro atoms. The van der Waals surface area contributed by atoms with E-state index >= 15 is 0 Å². The van der Waals surface area contributed by atoms with Crippen LogP contribution in [0.1, 0.15) is 11.7 Å². The number of aliphatic hydroxyl groups excluding tert-OH is 2. The van der Waals surface area contributed by atoms with E-state index in [1.807, 2.05) is 30.3 Å². The van der Waals surface area contributed by atoms with Crippen molar-refractivity contribution in [2.45, 2.75) is 12.2 Å². The van der Waals surface area contributed by atoms with Crippen molar-refractivity contribution in [3.05, 3.63) is 46.4 Å². The second-order valence-corrected chi connectivity index (χ2v) is 4.96. The molecule has 17 heavy (non-hydrogen) atoms. The highest BCUT2D eigenvalue weighted by Gasteiger charge is 2.20. The number of fused-ring (bicyclic) bond motifs is 1. The summed E-state index contributed by atoms with van der Waals surface area (Å²) in [7, 11) is 0. The van der Waals surface area contributed by atoms with E-state index in [0.717, 1.165) is 15.2 Å². The first-order chi connectivity index (χ1) is 8.15. The number of hydrogen-bond acceptors (Lipinski definition) is 2. The summed E-state index contributed by atoms with van der Waals surface area (Å²) in [6.07, 6.45) is -1.94. The minimum absolute atomic E-state index is 0.000430. The van der Waals surface area contributed by atoms with Crippen molar-refractivity contribution in [3.63, 3.8) is 0 Å². The van der Waals surface area contributed by atoms with Gasteiger partial charge in [-0.15, -0.1) is 11.6 Å². The molecule has 4 heteroatoms. The van der Waals surface area contributed by atoms with Gasteiger partial charge in [-0.3, -0.25) is 0 Å². The normalized spacial score (nSPS) is 14.8. The number of alkyl halides is 1. The van der Waals surface area contributed by atoms with Crippen molar-refractivity contribution in [1.29, 1.82) is 0 Å². The third-order valence-corrected chi connectivity index (χ3v) is 3.94. The van der Waals surface area contributed by atoms with Gasteiger partial charge in [0.05, 0.1) is 12.0 Å². The number of aliphatic hydroxyl groups is 2. The molecular formula is C13H12BrClO2. The summed E-state index contributed by atoms with van der Waals surface area (Å²) in [5.41, 5.74) is 0.650. The average molecular weight is 316 g/mol. The molecule has 0 aromatic heterocycles. The molecule has 2 aromatic carbocycles. The molecule has 2 N–H and O–H groups in total. The maximum absolute atomic E-state index is 9.96. The molecule has 0 saturated heterocycles. The van der Waals surface area contributed by atoms with Crippen LogP contribution in [0.25, 0.3) is 10.8 Å². The lowest BCUT2D eigenvalue weighted by molar-refractivity contribution is 0.0324. The summed E-state index contributed by atoms with van der Waals surface area (Å²) in [6, 6.07) is 11.6. The number of rotatable bonds is 3. The van der Waals surface area contributed by atoms with Crippen molar-refractivity contribution in [2.75, 3.05) is 5.88 Å². The van der Waals surface area contributed by atoms with Gasteiger partial charge in [0.25, 0.3) is 0 Å². The minimum Gasteiger partial charge on any atom is -0.389 e. The molecule has 2 atom stereocenters. The third-order valence-electron chi connectivity index (χ3n) is 2.73. The summed E-state index contributed by atoms with van der Waals surface area (Å²) in [5, 5.41) is 21.6. The van der Waals surface area contributed by atoms with E-state index in [4.69, 9.17) is 11.6 Å². The Labute approximate surface area is 113 Å². The Morgan fingerprint density at radius 3 is 2.53 bits per heavy atom. The Morgan fingerprint density at radius 2 is 1.82 bits per heavy atom. The maximum atomic E-state index is 9.96. The monoisotopic (exact) mass is 314 g/mol. The summed E-state index contributed by atoms with van der Waals surface area (Å²) in [5.74, 6) is 0.000430. The molecule has 0 aliphatic carbocycles. The molecule has 0 aliphatic rings. The lowest BCUT2D eigenvalue weighted by Crippen LogP contribution is -2.20. The zero-order valence-electron chi connectivity index (χ0n) is 8.98. The first-order valence-electron chi connectivity index (χ1n) is 5.24. The van der Waals surface area contributed by atoms with Gasteiger partial charge in [0.15, 0.2) is 0 Å². The highest BCUT2D eigenvalue weighted by molar-refractivity contribution is 9.10. The van der Waals surface area contributed by atoms with E-state index < -0.39 is 12.2 Å². The van der Waals surface area contributed by atoms with Crippen LogP contribution in [0.2, 0.25) is 0 Å². The van der Waals surface area contributed by atoms with Gasteiger partial charge in [-0.05, 0) is 32.3 Å². The number of halogens is 2. The van der Waals surface area contributed by atoms with Crippen LogP contribution in [-0.2, 0) is 0 Å². The molecule has 90 valence electrons. The minimum atomic E-state index is -0.980. The molecule has 0 saturated carbocycles. The quantitative estimate of drug-likeness (QED) is 0.854. The fraction of sp³-hybridized carbons (Fsp3) is 0.231. The Balaban J connectivity index is 2.52. The molecule has 2 rings (SSSR count). The predicted molar refractivity (Wildman–Crippen MR) is 73.3 cm³/mol. The third kappa shape index (κ3) is 2.47. The fourth-order valence-electron chi connectivity index (χ4n) is 1.77. The van der Waals surface area contributed by atoms with Gasteiger partial charge in [0, 0.05) is 4.47 Å². The van der Waals surface area contributed by atoms with Crippen LogP contribution in [-0.4, -0.2) is 22.2 Å². The van der Waals surface area contributed by atoms with Crippen molar-refractivity contribution in [2.24, 2.45) is 0 Å². The van der Waals surface area contributed by atoms with Crippen LogP contribution >= 0.6 is 27.5 Å². The van der Waals surface area contributed by atoms with E-state index in [1.54, 1.807) is 6.07 Å². The van der Waals surface area contributed by atoms with Gasteiger partial charge < -0.3 is 10.2 Å². The predicted octanol–water partition coefficient (Wildman–Crippen LogP) is 3.24. The largest absolute Gasteiger partial charge is 0.389 e. The molecule has 0 bridgehead atoms. The molecule has 0 fully saturated rings. The average Bonchev–Trinajstić information content (AvgIpc) is 2.38. The molecule has 0 amide bonds. The molecule has 0 heterocycles. The fourth-order valence-corrected chi connectivity index (χ4v) is 2.67. The zero-order valence-corrected chi connectivity index (χ0v) is 11.3. The Hall–Kier alpha value is -0.610. The molecule has 2 nitrogen and oxygen atoms in total. The van der Waals surface area contributed by atoms with Gasteiger partial charge >= 0.3 is 0 Å². The van der Waals surface area contributed by atoms with E-state index in [0.29, 0.717) is 5.56 Å². The summed E-state index contributed by atoms with van der Waals surface area (Å²) in [4.78, 5) is 0. The Kier molecular flexibility index (Phi) is 4.05. The molecule has 2 unspecified atom stereocenters. The topological polar surface area (TPSA) is 40.5 Å². The number of hydrogen-bond donors (Lipinski definition) is 2. The van der Waals surface area contributed by atoms with Gasteiger partial charge in [0.2, 0.25) is 0 Å². The standard InChI is InChI=1S/C13H12BrClO2/c14-12-9-4-2-1-3-8(9)5-6-10(12)13(17)11(16)7-15/h1-6,11,13,16-17H,7H2. The molecule has 0 aliphatic heterocycles. The van der Waals surface area contributed by atoms with Crippen LogP contribution in [0.3, 0.4) is 0 Å². The van der Waals surface area contributed by atoms with Crippen LogP contribution in [0, 0.1) is 0 Å².